The van der Waals surface area contributed by atoms with Crippen molar-refractivity contribution in [3.05, 3.63) is 47.5 Å². The van der Waals surface area contributed by atoms with Crippen LogP contribution in [0.15, 0.2) is 30.6 Å². The van der Waals surface area contributed by atoms with Crippen molar-refractivity contribution >= 4 is 5.91 Å². The molecule has 20 heavy (non-hydrogen) atoms. The lowest BCUT2D eigenvalue weighted by molar-refractivity contribution is 0.0738. The first-order chi connectivity index (χ1) is 9.81. The summed E-state index contributed by atoms with van der Waals surface area (Å²) in [6, 6.07) is 9.63. The van der Waals surface area contributed by atoms with Gasteiger partial charge in [-0.3, -0.25) is 9.36 Å². The number of hydrogen-bond donors (Lipinski definition) is 0. The highest BCUT2D eigenvalue weighted by Crippen LogP contribution is 2.39. The molecule has 2 aliphatic heterocycles. The predicted molar refractivity (Wildman–Crippen MR) is 71.3 cm³/mol. The average Bonchev–Trinajstić information content (AvgIpc) is 3.10. The fourth-order valence-corrected chi connectivity index (χ4v) is 3.27. The number of carbonyl (C=O) groups is 1. The third kappa shape index (κ3) is 1.31. The minimum atomic E-state index is -0.0351. The molecule has 0 N–H and O–H groups in total. The van der Waals surface area contributed by atoms with Gasteiger partial charge in [-0.2, -0.15) is 5.26 Å². The Labute approximate surface area is 116 Å². The molecule has 3 heterocycles. The van der Waals surface area contributed by atoms with Crippen molar-refractivity contribution in [3.8, 4) is 11.8 Å². The first kappa shape index (κ1) is 11.2. The van der Waals surface area contributed by atoms with Gasteiger partial charge in [-0.25, -0.2) is 4.98 Å². The molecule has 1 atom stereocenters. The smallest absolute Gasteiger partial charge is 0.256 e. The Balaban J connectivity index is 2.07. The van der Waals surface area contributed by atoms with Gasteiger partial charge in [-0.05, 0) is 25.0 Å². The van der Waals surface area contributed by atoms with Gasteiger partial charge in [0.2, 0.25) is 0 Å². The number of para-hydroxylation sites is 1. The van der Waals surface area contributed by atoms with Crippen LogP contribution >= 0.6 is 0 Å². The zero-order chi connectivity index (χ0) is 13.7. The van der Waals surface area contributed by atoms with E-state index in [0.717, 1.165) is 30.8 Å². The van der Waals surface area contributed by atoms with Crippen LogP contribution in [0.25, 0.3) is 5.69 Å². The van der Waals surface area contributed by atoms with Crippen molar-refractivity contribution in [2.24, 2.45) is 0 Å². The molecular formula is C15H12N4O. The van der Waals surface area contributed by atoms with E-state index < -0.39 is 0 Å². The van der Waals surface area contributed by atoms with Crippen LogP contribution < -0.4 is 0 Å². The highest BCUT2D eigenvalue weighted by Gasteiger charge is 2.38. The Morgan fingerprint density at radius 2 is 2.20 bits per heavy atom. The lowest BCUT2D eigenvalue weighted by Crippen LogP contribution is -2.29. The molecule has 4 rings (SSSR count). The summed E-state index contributed by atoms with van der Waals surface area (Å²) < 4.78 is 1.90. The summed E-state index contributed by atoms with van der Waals surface area (Å²) in [6.07, 6.45) is 3.51. The maximum absolute atomic E-state index is 12.7. The molecule has 2 aromatic rings. The van der Waals surface area contributed by atoms with Gasteiger partial charge in [0.25, 0.3) is 5.91 Å². The Bertz CT molecular complexity index is 755. The van der Waals surface area contributed by atoms with Crippen LogP contribution in [0.4, 0.5) is 0 Å². The summed E-state index contributed by atoms with van der Waals surface area (Å²) in [6.45, 7) is 0.744. The molecule has 98 valence electrons. The van der Waals surface area contributed by atoms with Crippen LogP contribution in [-0.2, 0) is 0 Å². The average molecular weight is 264 g/mol. The van der Waals surface area contributed by atoms with E-state index in [1.165, 1.54) is 0 Å². The molecule has 1 aromatic carbocycles. The molecule has 5 nitrogen and oxygen atoms in total. The predicted octanol–water partition coefficient (Wildman–Crippen LogP) is 2.03. The van der Waals surface area contributed by atoms with E-state index >= 15 is 0 Å². The molecule has 0 aliphatic carbocycles. The Hall–Kier alpha value is -2.61. The van der Waals surface area contributed by atoms with E-state index in [4.69, 9.17) is 0 Å². The minimum absolute atomic E-state index is 0.0351. The second kappa shape index (κ2) is 3.94. The molecule has 0 bridgehead atoms. The first-order valence-electron chi connectivity index (χ1n) is 6.69. The van der Waals surface area contributed by atoms with Gasteiger partial charge in [0.05, 0.1) is 23.0 Å². The number of amides is 1. The molecule has 1 saturated heterocycles. The maximum Gasteiger partial charge on any atom is 0.256 e. The lowest BCUT2D eigenvalue weighted by Gasteiger charge is -2.22. The van der Waals surface area contributed by atoms with E-state index in [1.807, 2.05) is 33.7 Å². The van der Waals surface area contributed by atoms with Crippen LogP contribution in [0.3, 0.4) is 0 Å². The monoisotopic (exact) mass is 264 g/mol. The summed E-state index contributed by atoms with van der Waals surface area (Å²) in [4.78, 5) is 18.8. The van der Waals surface area contributed by atoms with Crippen molar-refractivity contribution in [3.63, 3.8) is 0 Å². The Kier molecular flexibility index (Phi) is 2.21. The van der Waals surface area contributed by atoms with Crippen molar-refractivity contribution in [2.75, 3.05) is 6.54 Å². The molecule has 2 aliphatic rings. The zero-order valence-corrected chi connectivity index (χ0v) is 10.8. The number of nitrogens with zero attached hydrogens (tertiary/aromatic N) is 4. The Morgan fingerprint density at radius 3 is 3.05 bits per heavy atom. The largest absolute Gasteiger partial charge is 0.330 e. The SMILES string of the molecule is N#Cc1ncn2c1C1CCCN1C(=O)c1ccccc1-2. The summed E-state index contributed by atoms with van der Waals surface area (Å²) >= 11 is 0. The quantitative estimate of drug-likeness (QED) is 0.731. The summed E-state index contributed by atoms with van der Waals surface area (Å²) in [5.41, 5.74) is 2.77. The highest BCUT2D eigenvalue weighted by molar-refractivity contribution is 5.99. The van der Waals surface area contributed by atoms with E-state index in [2.05, 4.69) is 11.1 Å². The van der Waals surface area contributed by atoms with E-state index in [9.17, 15) is 10.1 Å². The highest BCUT2D eigenvalue weighted by atomic mass is 16.2. The van der Waals surface area contributed by atoms with Crippen LogP contribution in [0.2, 0.25) is 0 Å². The lowest BCUT2D eigenvalue weighted by atomic mass is 10.1. The van der Waals surface area contributed by atoms with Crippen molar-refractivity contribution in [1.29, 1.82) is 5.26 Å². The number of imidazole rings is 1. The zero-order valence-electron chi connectivity index (χ0n) is 10.8. The third-order valence-electron chi connectivity index (χ3n) is 4.13. The first-order valence-corrected chi connectivity index (χ1v) is 6.69. The molecule has 1 unspecified atom stereocenters. The van der Waals surface area contributed by atoms with Crippen LogP contribution in [0.5, 0.6) is 0 Å². The molecule has 1 fully saturated rings. The number of carbonyl (C=O) groups excluding carboxylic acids is 1. The van der Waals surface area contributed by atoms with Crippen molar-refractivity contribution in [2.45, 2.75) is 18.9 Å². The summed E-state index contributed by atoms with van der Waals surface area (Å²) in [5, 5.41) is 9.28. The van der Waals surface area contributed by atoms with Crippen molar-refractivity contribution < 1.29 is 4.79 Å². The molecule has 1 amide bonds. The summed E-state index contributed by atoms with van der Waals surface area (Å²) in [7, 11) is 0. The number of rotatable bonds is 0. The summed E-state index contributed by atoms with van der Waals surface area (Å²) in [5.74, 6) is 0.0516. The van der Waals surface area contributed by atoms with E-state index in [0.29, 0.717) is 11.3 Å². The van der Waals surface area contributed by atoms with Crippen LogP contribution in [0.1, 0.15) is 40.6 Å². The topological polar surface area (TPSA) is 61.9 Å². The second-order valence-electron chi connectivity index (χ2n) is 5.13. The van der Waals surface area contributed by atoms with Gasteiger partial charge < -0.3 is 4.90 Å². The van der Waals surface area contributed by atoms with Gasteiger partial charge in [0.15, 0.2) is 5.69 Å². The third-order valence-corrected chi connectivity index (χ3v) is 4.13. The molecule has 0 spiro atoms. The Morgan fingerprint density at radius 1 is 1.35 bits per heavy atom. The number of fused-ring (bicyclic) bond motifs is 5. The number of aromatic nitrogens is 2. The van der Waals surface area contributed by atoms with Crippen LogP contribution in [-0.4, -0.2) is 26.9 Å². The number of benzene rings is 1. The minimum Gasteiger partial charge on any atom is -0.330 e. The number of hydrogen-bond acceptors (Lipinski definition) is 3. The number of nitriles is 1. The van der Waals surface area contributed by atoms with Gasteiger partial charge >= 0.3 is 0 Å². The van der Waals surface area contributed by atoms with E-state index in [1.54, 1.807) is 6.33 Å². The normalized spacial score (nSPS) is 19.9. The fraction of sp³-hybridized carbons (Fsp3) is 0.267. The molecule has 0 saturated carbocycles. The molecule has 1 aromatic heterocycles. The molecular weight excluding hydrogens is 252 g/mol. The fourth-order valence-electron chi connectivity index (χ4n) is 3.27. The van der Waals surface area contributed by atoms with Gasteiger partial charge in [0.1, 0.15) is 12.4 Å². The maximum atomic E-state index is 12.7. The van der Waals surface area contributed by atoms with Gasteiger partial charge in [0, 0.05) is 6.54 Å². The van der Waals surface area contributed by atoms with E-state index in [-0.39, 0.29) is 11.9 Å². The second-order valence-corrected chi connectivity index (χ2v) is 5.13. The molecule has 0 radical (unpaired) electrons. The van der Waals surface area contributed by atoms with Crippen LogP contribution in [0, 0.1) is 11.3 Å². The van der Waals surface area contributed by atoms with Gasteiger partial charge in [-0.15, -0.1) is 0 Å². The van der Waals surface area contributed by atoms with Crippen molar-refractivity contribution in [1.82, 2.24) is 14.5 Å². The standard InChI is InChI=1S/C15H12N4O/c16-8-11-14-13-6-3-7-18(13)15(20)10-4-1-2-5-12(10)19(14)9-17-11/h1-2,4-5,9,13H,3,6-7H2. The van der Waals surface area contributed by atoms with Gasteiger partial charge in [-0.1, -0.05) is 12.1 Å². The molecule has 5 heteroatoms.